The third kappa shape index (κ3) is 3.26. The summed E-state index contributed by atoms with van der Waals surface area (Å²) in [7, 11) is 0. The smallest absolute Gasteiger partial charge is 0.255 e. The maximum Gasteiger partial charge on any atom is 0.255 e. The lowest BCUT2D eigenvalue weighted by Gasteiger charge is -2.10. The number of aromatic nitrogens is 4. The van der Waals surface area contributed by atoms with E-state index < -0.39 is 0 Å². The number of nitrogens with one attached hydrogen (secondary N) is 1. The van der Waals surface area contributed by atoms with E-state index in [0.717, 1.165) is 5.56 Å². The largest absolute Gasteiger partial charge is 0.299 e. The Morgan fingerprint density at radius 1 is 1.26 bits per heavy atom. The molecule has 0 aliphatic heterocycles. The van der Waals surface area contributed by atoms with E-state index in [1.165, 1.54) is 10.9 Å². The van der Waals surface area contributed by atoms with Crippen LogP contribution >= 0.6 is 0 Å². The molecule has 0 aliphatic rings. The van der Waals surface area contributed by atoms with Crippen molar-refractivity contribution in [3.05, 3.63) is 76.5 Å². The lowest BCUT2D eigenvalue weighted by atomic mass is 9.93. The van der Waals surface area contributed by atoms with Crippen LogP contribution in [0.25, 0.3) is 5.95 Å². The van der Waals surface area contributed by atoms with Gasteiger partial charge in [-0.15, -0.1) is 0 Å². The molecular weight excluding hydrogens is 292 g/mol. The third-order valence-electron chi connectivity index (χ3n) is 3.73. The molecule has 1 atom stereocenters. The van der Waals surface area contributed by atoms with Crippen molar-refractivity contribution in [2.45, 2.75) is 19.3 Å². The number of hydrogen-bond acceptors (Lipinski definition) is 4. The second-order valence-corrected chi connectivity index (χ2v) is 5.29. The first kappa shape index (κ1) is 14.9. The van der Waals surface area contributed by atoms with E-state index in [4.69, 9.17) is 0 Å². The van der Waals surface area contributed by atoms with E-state index in [1.807, 2.05) is 37.3 Å². The summed E-state index contributed by atoms with van der Waals surface area (Å²) in [6.45, 7) is 1.84. The zero-order valence-corrected chi connectivity index (χ0v) is 12.6. The lowest BCUT2D eigenvalue weighted by Crippen LogP contribution is -2.22. The molecule has 3 rings (SSSR count). The minimum atomic E-state index is -0.320. The molecule has 6 heteroatoms. The first-order valence-electron chi connectivity index (χ1n) is 7.31. The normalized spacial score (nSPS) is 12.0. The summed E-state index contributed by atoms with van der Waals surface area (Å²) in [5, 5.41) is 4.00. The second kappa shape index (κ2) is 6.39. The van der Waals surface area contributed by atoms with Crippen LogP contribution in [0.1, 0.15) is 24.0 Å². The van der Waals surface area contributed by atoms with Gasteiger partial charge in [0.2, 0.25) is 5.95 Å². The Morgan fingerprint density at radius 2 is 2.04 bits per heavy atom. The van der Waals surface area contributed by atoms with Gasteiger partial charge in [0.05, 0.1) is 0 Å². The molecule has 23 heavy (non-hydrogen) atoms. The van der Waals surface area contributed by atoms with Gasteiger partial charge >= 0.3 is 0 Å². The quantitative estimate of drug-likeness (QED) is 0.780. The maximum atomic E-state index is 12.4. The zero-order chi connectivity index (χ0) is 16.2. The number of hydrogen-bond donors (Lipinski definition) is 1. The van der Waals surface area contributed by atoms with Crippen LogP contribution in [0.4, 0.5) is 0 Å². The summed E-state index contributed by atoms with van der Waals surface area (Å²) in [5.74, 6) is 0.0454. The van der Waals surface area contributed by atoms with Crippen molar-refractivity contribution in [3.8, 4) is 5.95 Å². The van der Waals surface area contributed by atoms with Crippen LogP contribution in [0.15, 0.2) is 59.8 Å². The Morgan fingerprint density at radius 3 is 2.70 bits per heavy atom. The molecule has 0 saturated carbocycles. The van der Waals surface area contributed by atoms with E-state index in [1.54, 1.807) is 18.5 Å². The van der Waals surface area contributed by atoms with E-state index in [2.05, 4.69) is 15.1 Å². The van der Waals surface area contributed by atoms with Gasteiger partial charge in [0.1, 0.15) is 5.78 Å². The van der Waals surface area contributed by atoms with Crippen LogP contribution in [0.3, 0.4) is 0 Å². The summed E-state index contributed by atoms with van der Waals surface area (Å²) < 4.78 is 1.46. The van der Waals surface area contributed by atoms with Crippen LogP contribution in [-0.4, -0.2) is 25.5 Å². The molecule has 0 radical (unpaired) electrons. The Labute approximate surface area is 132 Å². The molecule has 3 aromatic rings. The molecular formula is C17H16N4O2. The average molecular weight is 308 g/mol. The highest BCUT2D eigenvalue weighted by Crippen LogP contribution is 2.17. The van der Waals surface area contributed by atoms with E-state index >= 15 is 0 Å². The van der Waals surface area contributed by atoms with Crippen LogP contribution in [0.5, 0.6) is 0 Å². The topological polar surface area (TPSA) is 80.6 Å². The Balaban J connectivity index is 1.78. The highest BCUT2D eigenvalue weighted by molar-refractivity contribution is 5.87. The third-order valence-corrected chi connectivity index (χ3v) is 3.73. The predicted molar refractivity (Wildman–Crippen MR) is 85.5 cm³/mol. The average Bonchev–Trinajstić information content (AvgIpc) is 3.11. The lowest BCUT2D eigenvalue weighted by molar-refractivity contribution is -0.119. The summed E-state index contributed by atoms with van der Waals surface area (Å²) in [6, 6.07) is 11.2. The number of Topliss-reactive ketones (excluding diaryl/α,β-unsaturated/α-hetero) is 1. The standard InChI is InChI=1S/C17H16N4O2/c1-12(13-6-3-2-4-7-13)15(22)10-14-11-18-17(20-16(14)23)21-9-5-8-19-21/h2-9,11-12H,10H2,1H3,(H,18,20,23). The van der Waals surface area contributed by atoms with Gasteiger partial charge in [-0.1, -0.05) is 37.3 Å². The van der Waals surface area contributed by atoms with Gasteiger partial charge in [-0.25, -0.2) is 9.67 Å². The number of rotatable bonds is 5. The Bertz CT molecular complexity index is 854. The molecule has 0 amide bonds. The van der Waals surface area contributed by atoms with Gasteiger partial charge in [-0.05, 0) is 11.6 Å². The fourth-order valence-corrected chi connectivity index (χ4v) is 2.32. The predicted octanol–water partition coefficient (Wildman–Crippen LogP) is 1.87. The van der Waals surface area contributed by atoms with Gasteiger partial charge in [-0.2, -0.15) is 5.10 Å². The molecule has 0 aliphatic carbocycles. The summed E-state index contributed by atoms with van der Waals surface area (Å²) in [6.07, 6.45) is 4.77. The van der Waals surface area contributed by atoms with Gasteiger partial charge < -0.3 is 0 Å². The van der Waals surface area contributed by atoms with Gasteiger partial charge in [0.15, 0.2) is 0 Å². The molecule has 1 N–H and O–H groups in total. The number of ketones is 1. The van der Waals surface area contributed by atoms with Crippen molar-refractivity contribution in [2.24, 2.45) is 0 Å². The minimum Gasteiger partial charge on any atom is -0.299 e. The van der Waals surface area contributed by atoms with Crippen LogP contribution in [0.2, 0.25) is 0 Å². The summed E-state index contributed by atoms with van der Waals surface area (Å²) >= 11 is 0. The first-order valence-corrected chi connectivity index (χ1v) is 7.31. The molecule has 0 fully saturated rings. The van der Waals surface area contributed by atoms with Crippen molar-refractivity contribution in [1.29, 1.82) is 0 Å². The first-order chi connectivity index (χ1) is 11.1. The van der Waals surface area contributed by atoms with Crippen LogP contribution in [0, 0.1) is 0 Å². The van der Waals surface area contributed by atoms with E-state index in [0.29, 0.717) is 11.5 Å². The van der Waals surface area contributed by atoms with Crippen molar-refractivity contribution in [2.75, 3.05) is 0 Å². The molecule has 0 spiro atoms. The SMILES string of the molecule is CC(C(=O)Cc1cnc(-n2cccn2)[nH]c1=O)c1ccccc1. The Hall–Kier alpha value is -3.02. The van der Waals surface area contributed by atoms with Crippen molar-refractivity contribution in [1.82, 2.24) is 19.7 Å². The second-order valence-electron chi connectivity index (χ2n) is 5.29. The molecule has 116 valence electrons. The molecule has 2 aromatic heterocycles. The molecule has 0 saturated heterocycles. The highest BCUT2D eigenvalue weighted by atomic mass is 16.1. The monoisotopic (exact) mass is 308 g/mol. The molecule has 1 aromatic carbocycles. The number of carbonyl (C=O) groups excluding carboxylic acids is 1. The maximum absolute atomic E-state index is 12.4. The fraction of sp³-hybridized carbons (Fsp3) is 0.176. The highest BCUT2D eigenvalue weighted by Gasteiger charge is 2.17. The van der Waals surface area contributed by atoms with Crippen molar-refractivity contribution >= 4 is 5.78 Å². The van der Waals surface area contributed by atoms with E-state index in [-0.39, 0.29) is 23.7 Å². The summed E-state index contributed by atoms with van der Waals surface area (Å²) in [5.41, 5.74) is 0.975. The van der Waals surface area contributed by atoms with E-state index in [9.17, 15) is 9.59 Å². The summed E-state index contributed by atoms with van der Waals surface area (Å²) in [4.78, 5) is 31.3. The molecule has 1 unspecified atom stereocenters. The fourth-order valence-electron chi connectivity index (χ4n) is 2.32. The molecule has 6 nitrogen and oxygen atoms in total. The van der Waals surface area contributed by atoms with Crippen molar-refractivity contribution < 1.29 is 4.79 Å². The van der Waals surface area contributed by atoms with Gasteiger partial charge in [0.25, 0.3) is 5.56 Å². The number of carbonyl (C=O) groups is 1. The molecule has 2 heterocycles. The number of aromatic amines is 1. The number of H-pyrrole nitrogens is 1. The zero-order valence-electron chi connectivity index (χ0n) is 12.6. The van der Waals surface area contributed by atoms with Gasteiger partial charge in [0, 0.05) is 36.5 Å². The molecule has 0 bridgehead atoms. The Kier molecular flexibility index (Phi) is 4.14. The number of nitrogens with zero attached hydrogens (tertiary/aromatic N) is 3. The van der Waals surface area contributed by atoms with Gasteiger partial charge in [-0.3, -0.25) is 14.6 Å². The van der Waals surface area contributed by atoms with Crippen LogP contribution in [-0.2, 0) is 11.2 Å². The van der Waals surface area contributed by atoms with Crippen molar-refractivity contribution in [3.63, 3.8) is 0 Å². The van der Waals surface area contributed by atoms with Crippen LogP contribution < -0.4 is 5.56 Å². The minimum absolute atomic E-state index is 0.0182. The number of benzene rings is 1.